The zero-order valence-electron chi connectivity index (χ0n) is 14.0. The number of nitrogens with zero attached hydrogens (tertiary/aromatic N) is 1. The lowest BCUT2D eigenvalue weighted by Gasteiger charge is -2.25. The van der Waals surface area contributed by atoms with Crippen LogP contribution in [-0.2, 0) is 14.8 Å². The van der Waals surface area contributed by atoms with Gasteiger partial charge in [0.2, 0.25) is 10.0 Å². The third-order valence-corrected chi connectivity index (χ3v) is 4.23. The third kappa shape index (κ3) is 6.66. The van der Waals surface area contributed by atoms with E-state index in [1.807, 2.05) is 0 Å². The van der Waals surface area contributed by atoms with E-state index in [0.717, 1.165) is 11.8 Å². The number of halogens is 1. The lowest BCUT2D eigenvalue weighted by molar-refractivity contribution is 0.0529. The Morgan fingerprint density at radius 3 is 2.43 bits per heavy atom. The van der Waals surface area contributed by atoms with E-state index in [2.05, 4.69) is 5.32 Å². The van der Waals surface area contributed by atoms with Crippen molar-refractivity contribution in [2.45, 2.75) is 33.3 Å². The number of carbonyl (C=O) groups excluding carboxylic acids is 1. The number of rotatable bonds is 5. The first-order chi connectivity index (χ1) is 10.4. The average Bonchev–Trinajstić information content (AvgIpc) is 2.32. The Hall–Kier alpha value is -1.47. The molecule has 0 spiro atoms. The molecule has 130 valence electrons. The highest BCUT2D eigenvalue weighted by molar-refractivity contribution is 7.92. The van der Waals surface area contributed by atoms with Gasteiger partial charge in [0, 0.05) is 11.6 Å². The summed E-state index contributed by atoms with van der Waals surface area (Å²) in [5, 5.41) is 3.08. The number of hydrogen-bond acceptors (Lipinski definition) is 4. The van der Waals surface area contributed by atoms with Gasteiger partial charge in [0.15, 0.2) is 0 Å². The molecular weight excluding hydrogens is 340 g/mol. The molecule has 1 N–H and O–H groups in total. The van der Waals surface area contributed by atoms with E-state index in [1.54, 1.807) is 45.9 Å². The van der Waals surface area contributed by atoms with E-state index >= 15 is 0 Å². The quantitative estimate of drug-likeness (QED) is 0.873. The van der Waals surface area contributed by atoms with Gasteiger partial charge in [0.25, 0.3) is 0 Å². The second-order valence-corrected chi connectivity index (χ2v) is 8.54. The van der Waals surface area contributed by atoms with E-state index in [0.29, 0.717) is 10.7 Å². The molecule has 1 amide bonds. The summed E-state index contributed by atoms with van der Waals surface area (Å²) in [6.07, 6.45) is 0.535. The number of alkyl carbamates (subject to hydrolysis) is 1. The Morgan fingerprint density at radius 2 is 1.96 bits per heavy atom. The fourth-order valence-corrected chi connectivity index (χ4v) is 3.15. The minimum atomic E-state index is -3.49. The molecule has 0 aromatic heterocycles. The van der Waals surface area contributed by atoms with Gasteiger partial charge in [-0.2, -0.15) is 0 Å². The molecule has 1 aromatic rings. The predicted molar refractivity (Wildman–Crippen MR) is 92.6 cm³/mol. The average molecular weight is 363 g/mol. The Bertz CT molecular complexity index is 669. The van der Waals surface area contributed by atoms with Crippen LogP contribution in [-0.4, -0.2) is 39.5 Å². The van der Waals surface area contributed by atoms with Crippen molar-refractivity contribution in [1.82, 2.24) is 5.32 Å². The van der Waals surface area contributed by atoms with Crippen molar-refractivity contribution in [1.29, 1.82) is 0 Å². The second-order valence-electron chi connectivity index (χ2n) is 6.19. The zero-order valence-corrected chi connectivity index (χ0v) is 15.6. The van der Waals surface area contributed by atoms with Gasteiger partial charge >= 0.3 is 6.09 Å². The van der Waals surface area contributed by atoms with Crippen molar-refractivity contribution in [2.24, 2.45) is 0 Å². The first-order valence-corrected chi connectivity index (χ1v) is 9.33. The van der Waals surface area contributed by atoms with Gasteiger partial charge in [0.05, 0.1) is 18.5 Å². The first kappa shape index (κ1) is 19.6. The number of aryl methyl sites for hydroxylation is 1. The summed E-state index contributed by atoms with van der Waals surface area (Å²) in [7, 11) is -3.49. The van der Waals surface area contributed by atoms with E-state index in [4.69, 9.17) is 16.3 Å². The largest absolute Gasteiger partial charge is 0.444 e. The van der Waals surface area contributed by atoms with Crippen molar-refractivity contribution in [3.63, 3.8) is 0 Å². The number of benzene rings is 1. The van der Waals surface area contributed by atoms with E-state index in [-0.39, 0.29) is 13.1 Å². The van der Waals surface area contributed by atoms with Crippen LogP contribution in [0, 0.1) is 6.92 Å². The summed E-state index contributed by atoms with van der Waals surface area (Å²) in [5.74, 6) is 0. The molecule has 0 saturated heterocycles. The number of hydrogen-bond donors (Lipinski definition) is 1. The van der Waals surface area contributed by atoms with Crippen LogP contribution < -0.4 is 9.62 Å². The molecule has 23 heavy (non-hydrogen) atoms. The van der Waals surface area contributed by atoms with Crippen LogP contribution in [0.5, 0.6) is 0 Å². The molecule has 0 unspecified atom stereocenters. The van der Waals surface area contributed by atoms with E-state index in [1.165, 1.54) is 4.31 Å². The molecule has 0 aliphatic heterocycles. The molecule has 0 radical (unpaired) electrons. The van der Waals surface area contributed by atoms with E-state index < -0.39 is 21.7 Å². The Balaban J connectivity index is 2.80. The lowest BCUT2D eigenvalue weighted by atomic mass is 10.2. The predicted octanol–water partition coefficient (Wildman–Crippen LogP) is 2.94. The first-order valence-electron chi connectivity index (χ1n) is 7.11. The standard InChI is InChI=1S/C15H23ClN2O4S/c1-11-10-12(16)6-7-13(11)18(23(5,20)21)9-8-17-14(19)22-15(2,3)4/h6-7,10H,8-9H2,1-5H3,(H,17,19). The van der Waals surface area contributed by atoms with Gasteiger partial charge in [-0.3, -0.25) is 4.31 Å². The lowest BCUT2D eigenvalue weighted by Crippen LogP contribution is -2.40. The molecule has 1 aromatic carbocycles. The van der Waals surface area contributed by atoms with Crippen molar-refractivity contribution < 1.29 is 17.9 Å². The molecule has 0 aliphatic rings. The maximum Gasteiger partial charge on any atom is 0.407 e. The molecule has 6 nitrogen and oxygen atoms in total. The topological polar surface area (TPSA) is 75.7 Å². The normalized spacial score (nSPS) is 11.9. The minimum Gasteiger partial charge on any atom is -0.444 e. The molecule has 0 atom stereocenters. The van der Waals surface area contributed by atoms with Gasteiger partial charge in [-0.25, -0.2) is 13.2 Å². The molecule has 8 heteroatoms. The number of nitrogens with one attached hydrogen (secondary N) is 1. The maximum atomic E-state index is 12.0. The van der Waals surface area contributed by atoms with Gasteiger partial charge in [-0.15, -0.1) is 0 Å². The maximum absolute atomic E-state index is 12.0. The smallest absolute Gasteiger partial charge is 0.407 e. The highest BCUT2D eigenvalue weighted by Crippen LogP contribution is 2.25. The van der Waals surface area contributed by atoms with Crippen molar-refractivity contribution in [3.05, 3.63) is 28.8 Å². The van der Waals surface area contributed by atoms with Crippen LogP contribution in [0.15, 0.2) is 18.2 Å². The van der Waals surface area contributed by atoms with Crippen LogP contribution in [0.4, 0.5) is 10.5 Å². The summed E-state index contributed by atoms with van der Waals surface area (Å²) >= 11 is 5.90. The Labute approximate surface area is 142 Å². The van der Waals surface area contributed by atoms with Gasteiger partial charge in [-0.1, -0.05) is 11.6 Å². The number of carbonyl (C=O) groups is 1. The monoisotopic (exact) mass is 362 g/mol. The van der Waals surface area contributed by atoms with Crippen molar-refractivity contribution >= 4 is 33.4 Å². The molecular formula is C15H23ClN2O4S. The highest BCUT2D eigenvalue weighted by Gasteiger charge is 2.20. The number of ether oxygens (including phenoxy) is 1. The number of amides is 1. The molecule has 1 rings (SSSR count). The zero-order chi connectivity index (χ0) is 17.8. The molecule has 0 bridgehead atoms. The minimum absolute atomic E-state index is 0.0978. The summed E-state index contributed by atoms with van der Waals surface area (Å²) < 4.78 is 30.4. The Kier molecular flexibility index (Phi) is 6.30. The highest BCUT2D eigenvalue weighted by atomic mass is 35.5. The molecule has 0 fully saturated rings. The third-order valence-electron chi connectivity index (χ3n) is 2.81. The number of sulfonamides is 1. The van der Waals surface area contributed by atoms with Crippen LogP contribution in [0.25, 0.3) is 0 Å². The van der Waals surface area contributed by atoms with E-state index in [9.17, 15) is 13.2 Å². The van der Waals surface area contributed by atoms with Crippen molar-refractivity contribution in [3.8, 4) is 0 Å². The van der Waals surface area contributed by atoms with Crippen LogP contribution in [0.2, 0.25) is 5.02 Å². The SMILES string of the molecule is Cc1cc(Cl)ccc1N(CCNC(=O)OC(C)(C)C)S(C)(=O)=O. The van der Waals surface area contributed by atoms with Crippen LogP contribution in [0.3, 0.4) is 0 Å². The molecule has 0 saturated carbocycles. The summed E-state index contributed by atoms with van der Waals surface area (Å²) in [5.41, 5.74) is 0.663. The number of anilines is 1. The fourth-order valence-electron chi connectivity index (χ4n) is 1.94. The van der Waals surface area contributed by atoms with Gasteiger partial charge in [-0.05, 0) is 51.5 Å². The van der Waals surface area contributed by atoms with Crippen LogP contribution >= 0.6 is 11.6 Å². The molecule has 0 aliphatic carbocycles. The fraction of sp³-hybridized carbons (Fsp3) is 0.533. The Morgan fingerprint density at radius 1 is 1.35 bits per heavy atom. The molecule has 0 heterocycles. The van der Waals surface area contributed by atoms with Crippen molar-refractivity contribution in [2.75, 3.05) is 23.7 Å². The van der Waals surface area contributed by atoms with Gasteiger partial charge < -0.3 is 10.1 Å². The summed E-state index contributed by atoms with van der Waals surface area (Å²) in [6.45, 7) is 7.27. The second kappa shape index (κ2) is 7.40. The van der Waals surface area contributed by atoms with Gasteiger partial charge in [0.1, 0.15) is 5.60 Å². The summed E-state index contributed by atoms with van der Waals surface area (Å²) in [4.78, 5) is 11.6. The van der Waals surface area contributed by atoms with Crippen LogP contribution in [0.1, 0.15) is 26.3 Å². The summed E-state index contributed by atoms with van der Waals surface area (Å²) in [6, 6.07) is 4.96.